The molecular weight excluding hydrogens is 257 g/mol. The lowest BCUT2D eigenvalue weighted by molar-refractivity contribution is -0.138. The van der Waals surface area contributed by atoms with Crippen molar-refractivity contribution in [2.24, 2.45) is 0 Å². The highest BCUT2D eigenvalue weighted by Crippen LogP contribution is 2.45. The molecule has 1 atom stereocenters. The Bertz CT molecular complexity index is 445. The Morgan fingerprint density at radius 3 is 2.63 bits per heavy atom. The standard InChI is InChI=1S/C13H17F3N2O/c14-13(15,16)11-8-18(17-12(11)9-4-5-9)7-10-3-1-2-6-19-10/h8-10H,1-7H2. The van der Waals surface area contributed by atoms with Crippen LogP contribution in [0.1, 0.15) is 49.3 Å². The summed E-state index contributed by atoms with van der Waals surface area (Å²) >= 11 is 0. The number of alkyl halides is 3. The second-order valence-corrected chi connectivity index (χ2v) is 5.41. The van der Waals surface area contributed by atoms with Crippen LogP contribution in [0.5, 0.6) is 0 Å². The predicted octanol–water partition coefficient (Wildman–Crippen LogP) is 3.35. The summed E-state index contributed by atoms with van der Waals surface area (Å²) in [4.78, 5) is 0. The van der Waals surface area contributed by atoms with Crippen molar-refractivity contribution in [3.05, 3.63) is 17.5 Å². The highest BCUT2D eigenvalue weighted by molar-refractivity contribution is 5.27. The molecule has 2 fully saturated rings. The number of hydrogen-bond acceptors (Lipinski definition) is 2. The number of nitrogens with zero attached hydrogens (tertiary/aromatic N) is 2. The maximum Gasteiger partial charge on any atom is 0.419 e. The zero-order valence-electron chi connectivity index (χ0n) is 10.6. The van der Waals surface area contributed by atoms with Crippen molar-refractivity contribution in [2.75, 3.05) is 6.61 Å². The second-order valence-electron chi connectivity index (χ2n) is 5.41. The van der Waals surface area contributed by atoms with E-state index in [9.17, 15) is 13.2 Å². The molecule has 0 bridgehead atoms. The van der Waals surface area contributed by atoms with Crippen molar-refractivity contribution in [3.8, 4) is 0 Å². The molecule has 1 aromatic rings. The van der Waals surface area contributed by atoms with Crippen LogP contribution in [0.4, 0.5) is 13.2 Å². The minimum Gasteiger partial charge on any atom is -0.376 e. The summed E-state index contributed by atoms with van der Waals surface area (Å²) in [6.07, 6.45) is 1.50. The highest BCUT2D eigenvalue weighted by atomic mass is 19.4. The van der Waals surface area contributed by atoms with Crippen LogP contribution in [0.2, 0.25) is 0 Å². The van der Waals surface area contributed by atoms with E-state index in [1.54, 1.807) is 0 Å². The molecule has 3 rings (SSSR count). The van der Waals surface area contributed by atoms with E-state index in [1.807, 2.05) is 0 Å². The maximum absolute atomic E-state index is 12.9. The Morgan fingerprint density at radius 2 is 2.05 bits per heavy atom. The Labute approximate surface area is 109 Å². The van der Waals surface area contributed by atoms with Gasteiger partial charge < -0.3 is 4.74 Å². The van der Waals surface area contributed by atoms with Crippen molar-refractivity contribution >= 4 is 0 Å². The first kappa shape index (κ1) is 13.0. The van der Waals surface area contributed by atoms with Crippen LogP contribution in [0.15, 0.2) is 6.20 Å². The van der Waals surface area contributed by atoms with E-state index in [2.05, 4.69) is 5.10 Å². The van der Waals surface area contributed by atoms with Crippen LogP contribution in [0.3, 0.4) is 0 Å². The fourth-order valence-corrected chi connectivity index (χ4v) is 2.57. The molecule has 3 nitrogen and oxygen atoms in total. The molecule has 1 aliphatic heterocycles. The van der Waals surface area contributed by atoms with Gasteiger partial charge in [0.15, 0.2) is 0 Å². The first-order valence-corrected chi connectivity index (χ1v) is 6.80. The van der Waals surface area contributed by atoms with Crippen LogP contribution in [0, 0.1) is 0 Å². The molecule has 0 spiro atoms. The Morgan fingerprint density at radius 1 is 1.26 bits per heavy atom. The SMILES string of the molecule is FC(F)(F)c1cn(CC2CCCCO2)nc1C1CC1. The van der Waals surface area contributed by atoms with Crippen molar-refractivity contribution in [1.29, 1.82) is 0 Å². The summed E-state index contributed by atoms with van der Waals surface area (Å²) in [5.41, 5.74) is -0.339. The molecule has 19 heavy (non-hydrogen) atoms. The largest absolute Gasteiger partial charge is 0.419 e. The van der Waals surface area contributed by atoms with Crippen LogP contribution >= 0.6 is 0 Å². The fourth-order valence-electron chi connectivity index (χ4n) is 2.57. The number of rotatable bonds is 3. The van der Waals surface area contributed by atoms with Gasteiger partial charge in [0.25, 0.3) is 0 Å². The van der Waals surface area contributed by atoms with E-state index in [4.69, 9.17) is 4.74 Å². The van der Waals surface area contributed by atoms with Crippen LogP contribution < -0.4 is 0 Å². The fraction of sp³-hybridized carbons (Fsp3) is 0.769. The van der Waals surface area contributed by atoms with Crippen molar-refractivity contribution in [2.45, 2.75) is 56.8 Å². The van der Waals surface area contributed by atoms with Gasteiger partial charge in [0.05, 0.1) is 23.9 Å². The van der Waals surface area contributed by atoms with Crippen LogP contribution in [-0.4, -0.2) is 22.5 Å². The molecule has 1 saturated carbocycles. The molecule has 1 aliphatic carbocycles. The smallest absolute Gasteiger partial charge is 0.376 e. The van der Waals surface area contributed by atoms with E-state index in [-0.39, 0.29) is 17.7 Å². The van der Waals surface area contributed by atoms with Gasteiger partial charge in [-0.2, -0.15) is 18.3 Å². The molecular formula is C13H17F3N2O. The summed E-state index contributed by atoms with van der Waals surface area (Å²) < 4.78 is 45.8. The average molecular weight is 274 g/mol. The quantitative estimate of drug-likeness (QED) is 0.845. The summed E-state index contributed by atoms with van der Waals surface area (Å²) in [7, 11) is 0. The van der Waals surface area contributed by atoms with Gasteiger partial charge in [0.2, 0.25) is 0 Å². The molecule has 6 heteroatoms. The molecule has 0 amide bonds. The maximum atomic E-state index is 12.9. The monoisotopic (exact) mass is 274 g/mol. The van der Waals surface area contributed by atoms with Gasteiger partial charge in [-0.15, -0.1) is 0 Å². The van der Waals surface area contributed by atoms with E-state index in [0.717, 1.165) is 38.3 Å². The van der Waals surface area contributed by atoms with Gasteiger partial charge in [0.1, 0.15) is 0 Å². The van der Waals surface area contributed by atoms with Crippen molar-refractivity contribution < 1.29 is 17.9 Å². The molecule has 2 heterocycles. The van der Waals surface area contributed by atoms with E-state index in [1.165, 1.54) is 4.68 Å². The van der Waals surface area contributed by atoms with E-state index < -0.39 is 11.7 Å². The number of aromatic nitrogens is 2. The third kappa shape index (κ3) is 2.94. The lowest BCUT2D eigenvalue weighted by Crippen LogP contribution is -2.24. The van der Waals surface area contributed by atoms with Crippen molar-refractivity contribution in [1.82, 2.24) is 9.78 Å². The Hall–Kier alpha value is -1.04. The lowest BCUT2D eigenvalue weighted by Gasteiger charge is -2.22. The lowest BCUT2D eigenvalue weighted by atomic mass is 10.1. The van der Waals surface area contributed by atoms with Crippen molar-refractivity contribution in [3.63, 3.8) is 0 Å². The van der Waals surface area contributed by atoms with E-state index in [0.29, 0.717) is 13.2 Å². The average Bonchev–Trinajstić information content (AvgIpc) is 3.11. The van der Waals surface area contributed by atoms with Gasteiger partial charge in [0, 0.05) is 18.7 Å². The summed E-state index contributed by atoms with van der Waals surface area (Å²) in [6.45, 7) is 1.13. The first-order valence-electron chi connectivity index (χ1n) is 6.80. The number of hydrogen-bond donors (Lipinski definition) is 0. The van der Waals surface area contributed by atoms with Gasteiger partial charge in [-0.05, 0) is 32.1 Å². The molecule has 0 radical (unpaired) electrons. The Balaban J connectivity index is 1.78. The summed E-state index contributed by atoms with van der Waals surface area (Å²) in [6, 6.07) is 0. The molecule has 0 aromatic carbocycles. The zero-order chi connectivity index (χ0) is 13.5. The Kier molecular flexibility index (Phi) is 3.28. The third-order valence-electron chi connectivity index (χ3n) is 3.72. The zero-order valence-corrected chi connectivity index (χ0v) is 10.6. The topological polar surface area (TPSA) is 27.1 Å². The highest BCUT2D eigenvalue weighted by Gasteiger charge is 2.41. The normalized spacial score (nSPS) is 24.7. The minimum atomic E-state index is -4.30. The number of halogens is 3. The van der Waals surface area contributed by atoms with Crippen LogP contribution in [-0.2, 0) is 17.5 Å². The molecule has 2 aliphatic rings. The van der Waals surface area contributed by atoms with Gasteiger partial charge in [-0.1, -0.05) is 0 Å². The molecule has 106 valence electrons. The van der Waals surface area contributed by atoms with E-state index >= 15 is 0 Å². The molecule has 1 aromatic heterocycles. The molecule has 1 unspecified atom stereocenters. The van der Waals surface area contributed by atoms with Crippen LogP contribution in [0.25, 0.3) is 0 Å². The summed E-state index contributed by atoms with van der Waals surface area (Å²) in [5.74, 6) is 0.00477. The summed E-state index contributed by atoms with van der Waals surface area (Å²) in [5, 5.41) is 4.15. The van der Waals surface area contributed by atoms with Gasteiger partial charge in [-0.25, -0.2) is 0 Å². The predicted molar refractivity (Wildman–Crippen MR) is 62.8 cm³/mol. The van der Waals surface area contributed by atoms with Gasteiger partial charge in [-0.3, -0.25) is 4.68 Å². The second kappa shape index (κ2) is 4.81. The number of ether oxygens (including phenoxy) is 1. The van der Waals surface area contributed by atoms with Gasteiger partial charge >= 0.3 is 6.18 Å². The first-order chi connectivity index (χ1) is 9.04. The third-order valence-corrected chi connectivity index (χ3v) is 3.72. The minimum absolute atomic E-state index is 0.00165. The molecule has 0 N–H and O–H groups in total. The molecule has 1 saturated heterocycles.